The van der Waals surface area contributed by atoms with Crippen LogP contribution in [0.25, 0.3) is 0 Å². The number of hydrogen-bond acceptors (Lipinski definition) is 2. The van der Waals surface area contributed by atoms with E-state index >= 15 is 0 Å². The number of allylic oxidation sites excluding steroid dienone is 3. The van der Waals surface area contributed by atoms with Gasteiger partial charge in [-0.25, -0.2) is 4.79 Å². The zero-order chi connectivity index (χ0) is 14.9. The van der Waals surface area contributed by atoms with Crippen molar-refractivity contribution in [3.63, 3.8) is 0 Å². The molecule has 0 N–H and O–H groups in total. The van der Waals surface area contributed by atoms with Crippen LogP contribution < -0.4 is 0 Å². The molecule has 2 saturated carbocycles. The van der Waals surface area contributed by atoms with Crippen LogP contribution in [0.2, 0.25) is 0 Å². The highest BCUT2D eigenvalue weighted by molar-refractivity contribution is 5.82. The molecule has 0 amide bonds. The average molecular weight is 288 g/mol. The Morgan fingerprint density at radius 2 is 1.90 bits per heavy atom. The number of ether oxygens (including phenoxy) is 1. The van der Waals surface area contributed by atoms with Gasteiger partial charge in [0.15, 0.2) is 0 Å². The SMILES string of the molecule is CC(C)(OC(=O)C=CC1CC2C=CC1C2)C1CCCCC1. The number of fused-ring (bicyclic) bond motifs is 2. The van der Waals surface area contributed by atoms with Crippen molar-refractivity contribution in [1.29, 1.82) is 0 Å². The van der Waals surface area contributed by atoms with E-state index in [0.717, 1.165) is 5.92 Å². The second kappa shape index (κ2) is 5.98. The van der Waals surface area contributed by atoms with Crippen LogP contribution in [-0.2, 0) is 9.53 Å². The monoisotopic (exact) mass is 288 g/mol. The van der Waals surface area contributed by atoms with Gasteiger partial charge in [-0.3, -0.25) is 0 Å². The van der Waals surface area contributed by atoms with Crippen LogP contribution in [0.3, 0.4) is 0 Å². The maximum absolute atomic E-state index is 12.1. The first kappa shape index (κ1) is 14.9. The summed E-state index contributed by atoms with van der Waals surface area (Å²) in [5, 5.41) is 0. The van der Waals surface area contributed by atoms with Crippen molar-refractivity contribution >= 4 is 5.97 Å². The van der Waals surface area contributed by atoms with Gasteiger partial charge in [-0.15, -0.1) is 0 Å². The summed E-state index contributed by atoms with van der Waals surface area (Å²) in [5.41, 5.74) is -0.323. The maximum Gasteiger partial charge on any atom is 0.330 e. The van der Waals surface area contributed by atoms with E-state index in [9.17, 15) is 4.79 Å². The Balaban J connectivity index is 1.52. The fourth-order valence-electron chi connectivity index (χ4n) is 4.42. The summed E-state index contributed by atoms with van der Waals surface area (Å²) in [7, 11) is 0. The Hall–Kier alpha value is -1.05. The van der Waals surface area contributed by atoms with Crippen LogP contribution >= 0.6 is 0 Å². The molecule has 0 aromatic carbocycles. The first-order chi connectivity index (χ1) is 10.0. The molecule has 0 aromatic heterocycles. The van der Waals surface area contributed by atoms with Gasteiger partial charge in [0.2, 0.25) is 0 Å². The number of carbonyl (C=O) groups excluding carboxylic acids is 1. The standard InChI is InChI=1S/C19H28O2/c1-19(2,17-6-4-3-5-7-17)21-18(20)11-10-16-13-14-8-9-15(16)12-14/h8-11,14-17H,3-7,12-13H2,1-2H3. The van der Waals surface area contributed by atoms with Crippen LogP contribution in [0.1, 0.15) is 58.8 Å². The van der Waals surface area contributed by atoms with E-state index in [0.29, 0.717) is 17.8 Å². The van der Waals surface area contributed by atoms with Crippen LogP contribution in [-0.4, -0.2) is 11.6 Å². The summed E-state index contributed by atoms with van der Waals surface area (Å²) in [4.78, 5) is 12.1. The smallest absolute Gasteiger partial charge is 0.330 e. The lowest BCUT2D eigenvalue weighted by atomic mass is 9.79. The van der Waals surface area contributed by atoms with Gasteiger partial charge in [0.1, 0.15) is 5.60 Å². The van der Waals surface area contributed by atoms with Crippen molar-refractivity contribution in [3.05, 3.63) is 24.3 Å². The Morgan fingerprint density at radius 3 is 2.52 bits per heavy atom. The van der Waals surface area contributed by atoms with Crippen molar-refractivity contribution in [2.45, 2.75) is 64.4 Å². The van der Waals surface area contributed by atoms with E-state index in [2.05, 4.69) is 32.1 Å². The normalized spacial score (nSPS) is 33.0. The van der Waals surface area contributed by atoms with E-state index in [-0.39, 0.29) is 11.6 Å². The molecule has 2 heteroatoms. The van der Waals surface area contributed by atoms with Crippen molar-refractivity contribution in [2.24, 2.45) is 23.7 Å². The molecule has 3 unspecified atom stereocenters. The van der Waals surface area contributed by atoms with E-state index in [1.807, 2.05) is 0 Å². The molecule has 3 atom stereocenters. The fourth-order valence-corrected chi connectivity index (χ4v) is 4.42. The summed E-state index contributed by atoms with van der Waals surface area (Å²) >= 11 is 0. The van der Waals surface area contributed by atoms with Crippen LogP contribution in [0, 0.1) is 23.7 Å². The first-order valence-corrected chi connectivity index (χ1v) is 8.64. The molecule has 0 radical (unpaired) electrons. The van der Waals surface area contributed by atoms with Crippen molar-refractivity contribution in [1.82, 2.24) is 0 Å². The number of hydrogen-bond donors (Lipinski definition) is 0. The van der Waals surface area contributed by atoms with E-state index in [1.165, 1.54) is 44.9 Å². The van der Waals surface area contributed by atoms with Gasteiger partial charge in [-0.2, -0.15) is 0 Å². The van der Waals surface area contributed by atoms with Crippen molar-refractivity contribution in [3.8, 4) is 0 Å². The minimum Gasteiger partial charge on any atom is -0.456 e. The number of esters is 1. The highest BCUT2D eigenvalue weighted by atomic mass is 16.6. The zero-order valence-corrected chi connectivity index (χ0v) is 13.4. The molecule has 3 aliphatic rings. The first-order valence-electron chi connectivity index (χ1n) is 8.64. The van der Waals surface area contributed by atoms with E-state index < -0.39 is 0 Å². The minimum atomic E-state index is -0.323. The van der Waals surface area contributed by atoms with Gasteiger partial charge in [0.25, 0.3) is 0 Å². The average Bonchev–Trinajstić information content (AvgIpc) is 3.08. The molecular weight excluding hydrogens is 260 g/mol. The van der Waals surface area contributed by atoms with Crippen LogP contribution in [0.15, 0.2) is 24.3 Å². The number of carbonyl (C=O) groups is 1. The van der Waals surface area contributed by atoms with Gasteiger partial charge >= 0.3 is 5.97 Å². The summed E-state index contributed by atoms with van der Waals surface area (Å²) in [6.45, 7) is 4.16. The second-order valence-electron chi connectivity index (χ2n) is 7.66. The quantitative estimate of drug-likeness (QED) is 0.427. The van der Waals surface area contributed by atoms with Gasteiger partial charge in [0.05, 0.1) is 0 Å². The molecule has 0 aliphatic heterocycles. The van der Waals surface area contributed by atoms with Crippen LogP contribution in [0.5, 0.6) is 0 Å². The largest absolute Gasteiger partial charge is 0.456 e. The Morgan fingerprint density at radius 1 is 1.14 bits per heavy atom. The highest BCUT2D eigenvalue weighted by Crippen LogP contribution is 2.44. The third-order valence-electron chi connectivity index (χ3n) is 5.76. The van der Waals surface area contributed by atoms with E-state index in [4.69, 9.17) is 4.74 Å². The minimum absolute atomic E-state index is 0.155. The number of rotatable bonds is 4. The molecule has 2 fully saturated rings. The molecule has 2 bridgehead atoms. The summed E-state index contributed by atoms with van der Waals surface area (Å²) in [6, 6.07) is 0. The maximum atomic E-state index is 12.1. The van der Waals surface area contributed by atoms with Crippen LogP contribution in [0.4, 0.5) is 0 Å². The lowest BCUT2D eigenvalue weighted by molar-refractivity contribution is -0.156. The van der Waals surface area contributed by atoms with Gasteiger partial charge in [-0.05, 0) is 63.2 Å². The molecule has 0 aromatic rings. The fraction of sp³-hybridized carbons (Fsp3) is 0.737. The van der Waals surface area contributed by atoms with Crippen molar-refractivity contribution < 1.29 is 9.53 Å². The second-order valence-corrected chi connectivity index (χ2v) is 7.66. The predicted octanol–water partition coefficient (Wildman–Crippen LogP) is 4.66. The van der Waals surface area contributed by atoms with Gasteiger partial charge in [0, 0.05) is 6.08 Å². The van der Waals surface area contributed by atoms with Crippen molar-refractivity contribution in [2.75, 3.05) is 0 Å². The molecule has 3 aliphatic carbocycles. The summed E-state index contributed by atoms with van der Waals surface area (Å²) in [6.07, 6.45) is 17.2. The Bertz CT molecular complexity index is 440. The topological polar surface area (TPSA) is 26.3 Å². The Labute approximate surface area is 128 Å². The lowest BCUT2D eigenvalue weighted by Crippen LogP contribution is -2.37. The molecule has 21 heavy (non-hydrogen) atoms. The summed E-state index contributed by atoms with van der Waals surface area (Å²) in [5.74, 6) is 2.32. The summed E-state index contributed by atoms with van der Waals surface area (Å²) < 4.78 is 5.77. The third-order valence-corrected chi connectivity index (χ3v) is 5.76. The van der Waals surface area contributed by atoms with Gasteiger partial charge < -0.3 is 4.74 Å². The third kappa shape index (κ3) is 3.41. The molecule has 116 valence electrons. The Kier molecular flexibility index (Phi) is 4.24. The van der Waals surface area contributed by atoms with Gasteiger partial charge in [-0.1, -0.05) is 37.5 Å². The van der Waals surface area contributed by atoms with E-state index in [1.54, 1.807) is 6.08 Å². The molecule has 0 heterocycles. The molecule has 3 rings (SSSR count). The molecule has 2 nitrogen and oxygen atoms in total. The lowest BCUT2D eigenvalue weighted by Gasteiger charge is -2.36. The zero-order valence-electron chi connectivity index (χ0n) is 13.4. The predicted molar refractivity (Wildman–Crippen MR) is 84.7 cm³/mol. The molecular formula is C19H28O2. The highest BCUT2D eigenvalue weighted by Gasteiger charge is 2.35. The molecule has 0 saturated heterocycles. The molecule has 0 spiro atoms.